The van der Waals surface area contributed by atoms with Crippen LogP contribution in [0, 0.1) is 12.7 Å². The molecule has 0 aromatic heterocycles. The lowest BCUT2D eigenvalue weighted by Gasteiger charge is -2.14. The summed E-state index contributed by atoms with van der Waals surface area (Å²) in [7, 11) is 0. The van der Waals surface area contributed by atoms with Crippen molar-refractivity contribution in [3.05, 3.63) is 65.0 Å². The van der Waals surface area contributed by atoms with Gasteiger partial charge in [-0.25, -0.2) is 4.39 Å². The lowest BCUT2D eigenvalue weighted by Crippen LogP contribution is -2.20. The molecule has 4 heteroatoms. The van der Waals surface area contributed by atoms with E-state index in [1.807, 2.05) is 19.1 Å². The Morgan fingerprint density at radius 2 is 1.95 bits per heavy atom. The van der Waals surface area contributed by atoms with Crippen molar-refractivity contribution >= 4 is 17.4 Å². The first-order chi connectivity index (χ1) is 10.1. The number of para-hydroxylation sites is 1. The molecule has 0 aliphatic heterocycles. The quantitative estimate of drug-likeness (QED) is 0.917. The number of fused-ring (bicyclic) bond motifs is 1. The monoisotopic (exact) mass is 283 g/mol. The van der Waals surface area contributed by atoms with Gasteiger partial charge in [-0.3, -0.25) is 9.59 Å². The zero-order valence-corrected chi connectivity index (χ0v) is 11.5. The molecule has 0 bridgehead atoms. The highest BCUT2D eigenvalue weighted by Gasteiger charge is 2.35. The SMILES string of the molecule is Cc1cccc2c1C(C(=O)Nc1ccccc1F)CC2=O. The normalized spacial score (nSPS) is 16.7. The van der Waals surface area contributed by atoms with Crippen molar-refractivity contribution in [3.8, 4) is 0 Å². The van der Waals surface area contributed by atoms with Crippen LogP contribution in [0.5, 0.6) is 0 Å². The van der Waals surface area contributed by atoms with Crippen molar-refractivity contribution in [2.75, 3.05) is 5.32 Å². The third kappa shape index (κ3) is 2.33. The Morgan fingerprint density at radius 3 is 2.71 bits per heavy atom. The van der Waals surface area contributed by atoms with Gasteiger partial charge in [0.2, 0.25) is 5.91 Å². The van der Waals surface area contributed by atoms with E-state index >= 15 is 0 Å². The van der Waals surface area contributed by atoms with Crippen LogP contribution in [-0.2, 0) is 4.79 Å². The third-order valence-corrected chi connectivity index (χ3v) is 3.81. The molecule has 1 unspecified atom stereocenters. The second kappa shape index (κ2) is 5.13. The summed E-state index contributed by atoms with van der Waals surface area (Å²) < 4.78 is 13.6. The highest BCUT2D eigenvalue weighted by molar-refractivity contribution is 6.09. The number of benzene rings is 2. The number of hydrogen-bond donors (Lipinski definition) is 1. The van der Waals surface area contributed by atoms with E-state index < -0.39 is 11.7 Å². The van der Waals surface area contributed by atoms with Crippen molar-refractivity contribution in [2.45, 2.75) is 19.3 Å². The molecule has 1 amide bonds. The lowest BCUT2D eigenvalue weighted by molar-refractivity contribution is -0.117. The molecule has 1 atom stereocenters. The molecule has 2 aromatic carbocycles. The van der Waals surface area contributed by atoms with Crippen molar-refractivity contribution in [2.24, 2.45) is 0 Å². The van der Waals surface area contributed by atoms with Crippen LogP contribution in [0.1, 0.15) is 33.8 Å². The predicted molar refractivity (Wildman–Crippen MR) is 77.9 cm³/mol. The van der Waals surface area contributed by atoms with Crippen LogP contribution in [0.3, 0.4) is 0 Å². The number of aryl methyl sites for hydroxylation is 1. The van der Waals surface area contributed by atoms with Gasteiger partial charge in [0, 0.05) is 12.0 Å². The van der Waals surface area contributed by atoms with E-state index in [2.05, 4.69) is 5.32 Å². The largest absolute Gasteiger partial charge is 0.323 e. The maximum absolute atomic E-state index is 13.6. The maximum Gasteiger partial charge on any atom is 0.232 e. The fraction of sp³-hybridized carbons (Fsp3) is 0.176. The van der Waals surface area contributed by atoms with Crippen LogP contribution < -0.4 is 5.32 Å². The number of Topliss-reactive ketones (excluding diaryl/α,β-unsaturated/α-hetero) is 1. The molecule has 106 valence electrons. The van der Waals surface area contributed by atoms with E-state index in [0.717, 1.165) is 11.1 Å². The lowest BCUT2D eigenvalue weighted by atomic mass is 9.96. The van der Waals surface area contributed by atoms with Crippen LogP contribution in [0.15, 0.2) is 42.5 Å². The second-order valence-corrected chi connectivity index (χ2v) is 5.19. The summed E-state index contributed by atoms with van der Waals surface area (Å²) in [5, 5.41) is 2.57. The molecule has 21 heavy (non-hydrogen) atoms. The minimum Gasteiger partial charge on any atom is -0.323 e. The molecule has 0 fully saturated rings. The van der Waals surface area contributed by atoms with Crippen LogP contribution >= 0.6 is 0 Å². The molecule has 0 saturated carbocycles. The molecule has 2 aromatic rings. The minimum atomic E-state index is -0.548. The molecule has 0 radical (unpaired) electrons. The molecule has 1 N–H and O–H groups in total. The molecular weight excluding hydrogens is 269 g/mol. The summed E-state index contributed by atoms with van der Waals surface area (Å²) in [6.45, 7) is 1.88. The van der Waals surface area contributed by atoms with Crippen molar-refractivity contribution in [1.29, 1.82) is 0 Å². The highest BCUT2D eigenvalue weighted by Crippen LogP contribution is 2.36. The number of ketones is 1. The Kier molecular flexibility index (Phi) is 3.29. The van der Waals surface area contributed by atoms with E-state index in [9.17, 15) is 14.0 Å². The van der Waals surface area contributed by atoms with Crippen LogP contribution in [-0.4, -0.2) is 11.7 Å². The number of carbonyl (C=O) groups excluding carboxylic acids is 2. The fourth-order valence-corrected chi connectivity index (χ4v) is 2.79. The van der Waals surface area contributed by atoms with Gasteiger partial charge in [0.25, 0.3) is 0 Å². The average molecular weight is 283 g/mol. The molecule has 1 aliphatic rings. The number of nitrogens with one attached hydrogen (secondary N) is 1. The molecule has 0 heterocycles. The van der Waals surface area contributed by atoms with E-state index in [-0.39, 0.29) is 23.8 Å². The molecule has 0 spiro atoms. The maximum atomic E-state index is 13.6. The van der Waals surface area contributed by atoms with Crippen molar-refractivity contribution in [3.63, 3.8) is 0 Å². The Labute approximate surface area is 121 Å². The minimum absolute atomic E-state index is 0.0395. The smallest absolute Gasteiger partial charge is 0.232 e. The number of hydrogen-bond acceptors (Lipinski definition) is 2. The predicted octanol–water partition coefficient (Wildman–Crippen LogP) is 3.44. The summed E-state index contributed by atoms with van der Waals surface area (Å²) in [5.74, 6) is -1.42. The van der Waals surface area contributed by atoms with Crippen molar-refractivity contribution in [1.82, 2.24) is 0 Å². The Hall–Kier alpha value is -2.49. The van der Waals surface area contributed by atoms with Gasteiger partial charge in [0.1, 0.15) is 5.82 Å². The highest BCUT2D eigenvalue weighted by atomic mass is 19.1. The molecule has 3 nitrogen and oxygen atoms in total. The summed E-state index contributed by atoms with van der Waals surface area (Å²) in [6.07, 6.45) is 0.139. The standard InChI is InChI=1S/C17H14FNO2/c1-10-5-4-6-11-15(20)9-12(16(10)11)17(21)19-14-8-3-2-7-13(14)18/h2-8,12H,9H2,1H3,(H,19,21). The fourth-order valence-electron chi connectivity index (χ4n) is 2.79. The summed E-state index contributed by atoms with van der Waals surface area (Å²) in [4.78, 5) is 24.4. The van der Waals surface area contributed by atoms with Gasteiger partial charge in [-0.2, -0.15) is 0 Å². The first-order valence-electron chi connectivity index (χ1n) is 6.76. The van der Waals surface area contributed by atoms with Gasteiger partial charge in [0.05, 0.1) is 11.6 Å². The van der Waals surface area contributed by atoms with Gasteiger partial charge >= 0.3 is 0 Å². The number of halogens is 1. The first kappa shape index (κ1) is 13.5. The van der Waals surface area contributed by atoms with E-state index in [1.165, 1.54) is 12.1 Å². The van der Waals surface area contributed by atoms with Gasteiger partial charge in [-0.15, -0.1) is 0 Å². The molecule has 0 saturated heterocycles. The van der Waals surface area contributed by atoms with Crippen LogP contribution in [0.4, 0.5) is 10.1 Å². The summed E-state index contributed by atoms with van der Waals surface area (Å²) in [5.41, 5.74) is 2.41. The van der Waals surface area contributed by atoms with E-state index in [4.69, 9.17) is 0 Å². The van der Waals surface area contributed by atoms with E-state index in [1.54, 1.807) is 18.2 Å². The first-order valence-corrected chi connectivity index (χ1v) is 6.76. The number of rotatable bonds is 2. The van der Waals surface area contributed by atoms with Gasteiger partial charge < -0.3 is 5.32 Å². The molecule has 3 rings (SSSR count). The Balaban J connectivity index is 1.91. The average Bonchev–Trinajstić information content (AvgIpc) is 2.80. The molecule has 1 aliphatic carbocycles. The van der Waals surface area contributed by atoms with Crippen LogP contribution in [0.25, 0.3) is 0 Å². The van der Waals surface area contributed by atoms with E-state index in [0.29, 0.717) is 5.56 Å². The summed E-state index contributed by atoms with van der Waals surface area (Å²) >= 11 is 0. The number of amides is 1. The van der Waals surface area contributed by atoms with Crippen LogP contribution in [0.2, 0.25) is 0 Å². The van der Waals surface area contributed by atoms with Crippen molar-refractivity contribution < 1.29 is 14.0 Å². The summed E-state index contributed by atoms with van der Waals surface area (Å²) in [6, 6.07) is 11.4. The number of carbonyl (C=O) groups is 2. The topological polar surface area (TPSA) is 46.2 Å². The van der Waals surface area contributed by atoms with Gasteiger partial charge in [-0.05, 0) is 30.2 Å². The molecular formula is C17H14FNO2. The van der Waals surface area contributed by atoms with Gasteiger partial charge in [-0.1, -0.05) is 30.3 Å². The number of anilines is 1. The zero-order valence-electron chi connectivity index (χ0n) is 11.5. The second-order valence-electron chi connectivity index (χ2n) is 5.19. The Morgan fingerprint density at radius 1 is 1.19 bits per heavy atom. The Bertz CT molecular complexity index is 739. The zero-order chi connectivity index (χ0) is 15.0. The third-order valence-electron chi connectivity index (χ3n) is 3.81. The van der Waals surface area contributed by atoms with Gasteiger partial charge in [0.15, 0.2) is 5.78 Å².